The summed E-state index contributed by atoms with van der Waals surface area (Å²) in [7, 11) is 0. The molecule has 1 saturated carbocycles. The maximum Gasteiger partial charge on any atom is 0.124 e. The lowest BCUT2D eigenvalue weighted by Crippen LogP contribution is -2.36. The first kappa shape index (κ1) is 16.3. The van der Waals surface area contributed by atoms with Crippen LogP contribution < -0.4 is 10.1 Å². The molecule has 21 heavy (non-hydrogen) atoms. The summed E-state index contributed by atoms with van der Waals surface area (Å²) in [5.41, 5.74) is 2.48. The Labute approximate surface area is 128 Å². The summed E-state index contributed by atoms with van der Waals surface area (Å²) in [6, 6.07) is 6.28. The summed E-state index contributed by atoms with van der Waals surface area (Å²) in [5.74, 6) is 0.906. The minimum atomic E-state index is -0.330. The summed E-state index contributed by atoms with van der Waals surface area (Å²) in [6.45, 7) is 9.36. The maximum absolute atomic E-state index is 10.1. The van der Waals surface area contributed by atoms with Gasteiger partial charge in [0.15, 0.2) is 0 Å². The van der Waals surface area contributed by atoms with Gasteiger partial charge in [-0.15, -0.1) is 0 Å². The van der Waals surface area contributed by atoms with Gasteiger partial charge in [-0.25, -0.2) is 0 Å². The third-order valence-corrected chi connectivity index (χ3v) is 3.97. The minimum absolute atomic E-state index is 0.0603. The number of rotatable bonds is 4. The van der Waals surface area contributed by atoms with Crippen molar-refractivity contribution in [1.82, 2.24) is 5.32 Å². The predicted molar refractivity (Wildman–Crippen MR) is 86.7 cm³/mol. The number of hydrogen-bond acceptors (Lipinski definition) is 3. The van der Waals surface area contributed by atoms with E-state index >= 15 is 0 Å². The Morgan fingerprint density at radius 3 is 2.62 bits per heavy atom. The molecule has 2 unspecified atom stereocenters. The van der Waals surface area contributed by atoms with Gasteiger partial charge < -0.3 is 15.2 Å². The SMILES string of the molecule is Cc1ccc(OC2CCCCC2O)c(CNC(C)(C)C)c1. The van der Waals surface area contributed by atoms with Gasteiger partial charge in [0, 0.05) is 17.6 Å². The van der Waals surface area contributed by atoms with Crippen LogP contribution in [-0.4, -0.2) is 22.9 Å². The third-order valence-electron chi connectivity index (χ3n) is 3.97. The smallest absolute Gasteiger partial charge is 0.124 e. The molecule has 0 aromatic heterocycles. The van der Waals surface area contributed by atoms with E-state index in [1.165, 1.54) is 11.1 Å². The summed E-state index contributed by atoms with van der Waals surface area (Å²) < 4.78 is 6.13. The number of aryl methyl sites for hydroxylation is 1. The molecular formula is C18H29NO2. The average Bonchev–Trinajstić information content (AvgIpc) is 2.40. The van der Waals surface area contributed by atoms with E-state index in [0.29, 0.717) is 0 Å². The Morgan fingerprint density at radius 2 is 1.95 bits per heavy atom. The highest BCUT2D eigenvalue weighted by atomic mass is 16.5. The zero-order chi connectivity index (χ0) is 15.5. The van der Waals surface area contributed by atoms with E-state index in [-0.39, 0.29) is 17.7 Å². The molecule has 0 heterocycles. The quantitative estimate of drug-likeness (QED) is 0.891. The molecule has 0 aliphatic heterocycles. The Balaban J connectivity index is 2.10. The van der Waals surface area contributed by atoms with Crippen LogP contribution >= 0.6 is 0 Å². The second-order valence-corrected chi connectivity index (χ2v) is 7.22. The average molecular weight is 291 g/mol. The summed E-state index contributed by atoms with van der Waals surface area (Å²) in [4.78, 5) is 0. The highest BCUT2D eigenvalue weighted by Crippen LogP contribution is 2.27. The molecule has 1 aromatic carbocycles. The molecule has 0 spiro atoms. The van der Waals surface area contributed by atoms with E-state index in [4.69, 9.17) is 4.74 Å². The fourth-order valence-electron chi connectivity index (χ4n) is 2.70. The molecule has 3 heteroatoms. The van der Waals surface area contributed by atoms with E-state index in [1.807, 2.05) is 6.07 Å². The van der Waals surface area contributed by atoms with Gasteiger partial charge in [-0.3, -0.25) is 0 Å². The van der Waals surface area contributed by atoms with Gasteiger partial charge in [0.1, 0.15) is 11.9 Å². The number of aliphatic hydroxyl groups excluding tert-OH is 1. The second-order valence-electron chi connectivity index (χ2n) is 7.22. The predicted octanol–water partition coefficient (Wildman–Crippen LogP) is 3.57. The molecule has 2 atom stereocenters. The zero-order valence-electron chi connectivity index (χ0n) is 13.8. The number of hydrogen-bond donors (Lipinski definition) is 2. The van der Waals surface area contributed by atoms with Gasteiger partial charge in [-0.05, 0) is 53.0 Å². The van der Waals surface area contributed by atoms with Crippen molar-refractivity contribution in [1.29, 1.82) is 0 Å². The molecule has 2 N–H and O–H groups in total. The van der Waals surface area contributed by atoms with Crippen LogP contribution in [0.4, 0.5) is 0 Å². The summed E-state index contributed by atoms with van der Waals surface area (Å²) in [6.07, 6.45) is 3.66. The van der Waals surface area contributed by atoms with Crippen molar-refractivity contribution in [3.8, 4) is 5.75 Å². The molecular weight excluding hydrogens is 262 g/mol. The fourth-order valence-corrected chi connectivity index (χ4v) is 2.70. The Hall–Kier alpha value is -1.06. The zero-order valence-corrected chi connectivity index (χ0v) is 13.8. The van der Waals surface area contributed by atoms with E-state index < -0.39 is 0 Å². The molecule has 2 rings (SSSR count). The highest BCUT2D eigenvalue weighted by molar-refractivity contribution is 5.37. The molecule has 1 aliphatic rings. The molecule has 0 amide bonds. The molecule has 1 aliphatic carbocycles. The lowest BCUT2D eigenvalue weighted by Gasteiger charge is -2.29. The van der Waals surface area contributed by atoms with Crippen molar-refractivity contribution in [3.05, 3.63) is 29.3 Å². The van der Waals surface area contributed by atoms with E-state index in [0.717, 1.165) is 38.0 Å². The van der Waals surface area contributed by atoms with Gasteiger partial charge in [-0.1, -0.05) is 24.1 Å². The number of aliphatic hydroxyl groups is 1. The summed E-state index contributed by atoms with van der Waals surface area (Å²) in [5, 5.41) is 13.6. The Bertz CT molecular complexity index is 465. The van der Waals surface area contributed by atoms with Crippen molar-refractivity contribution in [3.63, 3.8) is 0 Å². The van der Waals surface area contributed by atoms with Gasteiger partial charge in [0.05, 0.1) is 6.10 Å². The monoisotopic (exact) mass is 291 g/mol. The van der Waals surface area contributed by atoms with Crippen LogP contribution in [0.1, 0.15) is 57.6 Å². The van der Waals surface area contributed by atoms with Crippen LogP contribution in [0.25, 0.3) is 0 Å². The first-order chi connectivity index (χ1) is 9.85. The lowest BCUT2D eigenvalue weighted by molar-refractivity contribution is 0.00631. The van der Waals surface area contributed by atoms with Crippen molar-refractivity contribution < 1.29 is 9.84 Å². The minimum Gasteiger partial charge on any atom is -0.487 e. The van der Waals surface area contributed by atoms with Gasteiger partial charge >= 0.3 is 0 Å². The third kappa shape index (κ3) is 5.01. The Kier molecular flexibility index (Phi) is 5.28. The normalized spacial score (nSPS) is 23.1. The molecule has 0 bridgehead atoms. The standard InChI is InChI=1S/C18H29NO2/c1-13-9-10-16(14(11-13)12-19-18(2,3)4)21-17-8-6-5-7-15(17)20/h9-11,15,17,19-20H,5-8,12H2,1-4H3. The lowest BCUT2D eigenvalue weighted by atomic mass is 9.94. The van der Waals surface area contributed by atoms with Crippen molar-refractivity contribution in [2.24, 2.45) is 0 Å². The van der Waals surface area contributed by atoms with Gasteiger partial charge in [-0.2, -0.15) is 0 Å². The largest absolute Gasteiger partial charge is 0.487 e. The highest BCUT2D eigenvalue weighted by Gasteiger charge is 2.25. The van der Waals surface area contributed by atoms with Crippen molar-refractivity contribution in [2.75, 3.05) is 0 Å². The molecule has 1 fully saturated rings. The van der Waals surface area contributed by atoms with Crippen molar-refractivity contribution in [2.45, 2.75) is 77.7 Å². The van der Waals surface area contributed by atoms with Crippen LogP contribution in [-0.2, 0) is 6.54 Å². The van der Waals surface area contributed by atoms with E-state index in [2.05, 4.69) is 45.1 Å². The van der Waals surface area contributed by atoms with Crippen LogP contribution in [0, 0.1) is 6.92 Å². The fraction of sp³-hybridized carbons (Fsp3) is 0.667. The van der Waals surface area contributed by atoms with Crippen LogP contribution in [0.2, 0.25) is 0 Å². The maximum atomic E-state index is 10.1. The Morgan fingerprint density at radius 1 is 1.24 bits per heavy atom. The number of nitrogens with one attached hydrogen (secondary N) is 1. The number of benzene rings is 1. The summed E-state index contributed by atoms with van der Waals surface area (Å²) >= 11 is 0. The first-order valence-electron chi connectivity index (χ1n) is 8.04. The van der Waals surface area contributed by atoms with E-state index in [1.54, 1.807) is 0 Å². The van der Waals surface area contributed by atoms with Crippen LogP contribution in [0.5, 0.6) is 5.75 Å². The van der Waals surface area contributed by atoms with Gasteiger partial charge in [0.2, 0.25) is 0 Å². The molecule has 118 valence electrons. The van der Waals surface area contributed by atoms with Crippen LogP contribution in [0.15, 0.2) is 18.2 Å². The van der Waals surface area contributed by atoms with Crippen molar-refractivity contribution >= 4 is 0 Å². The van der Waals surface area contributed by atoms with Crippen LogP contribution in [0.3, 0.4) is 0 Å². The molecule has 0 radical (unpaired) electrons. The first-order valence-corrected chi connectivity index (χ1v) is 8.04. The topological polar surface area (TPSA) is 41.5 Å². The van der Waals surface area contributed by atoms with Gasteiger partial charge in [0.25, 0.3) is 0 Å². The second kappa shape index (κ2) is 6.80. The van der Waals surface area contributed by atoms with E-state index in [9.17, 15) is 5.11 Å². The molecule has 0 saturated heterocycles. The molecule has 1 aromatic rings. The molecule has 3 nitrogen and oxygen atoms in total. The number of ether oxygens (including phenoxy) is 1.